The minimum atomic E-state index is -0.725. The molecular weight excluding hydrogens is 242 g/mol. The lowest BCUT2D eigenvalue weighted by Gasteiger charge is -2.40. The van der Waals surface area contributed by atoms with Crippen molar-refractivity contribution in [1.82, 2.24) is 5.32 Å². The van der Waals surface area contributed by atoms with Crippen molar-refractivity contribution >= 4 is 5.97 Å². The maximum atomic E-state index is 10.9. The van der Waals surface area contributed by atoms with Crippen LogP contribution < -0.4 is 5.32 Å². The molecule has 0 amide bonds. The summed E-state index contributed by atoms with van der Waals surface area (Å²) >= 11 is 0. The van der Waals surface area contributed by atoms with Crippen molar-refractivity contribution in [2.24, 2.45) is 5.92 Å². The Hall–Kier alpha value is -0.610. The van der Waals surface area contributed by atoms with E-state index < -0.39 is 11.6 Å². The summed E-state index contributed by atoms with van der Waals surface area (Å²) in [5, 5.41) is 23.1. The van der Waals surface area contributed by atoms with Gasteiger partial charge >= 0.3 is 5.97 Å². The molecule has 1 aliphatic rings. The van der Waals surface area contributed by atoms with Gasteiger partial charge in [0.15, 0.2) is 0 Å². The average Bonchev–Trinajstić information content (AvgIpc) is 2.41. The van der Waals surface area contributed by atoms with Crippen molar-refractivity contribution in [3.63, 3.8) is 0 Å². The van der Waals surface area contributed by atoms with Crippen LogP contribution in [0.25, 0.3) is 0 Å². The van der Waals surface area contributed by atoms with E-state index in [0.29, 0.717) is 32.2 Å². The van der Waals surface area contributed by atoms with E-state index in [-0.39, 0.29) is 11.5 Å². The molecule has 0 aliphatic heterocycles. The van der Waals surface area contributed by atoms with Crippen LogP contribution in [-0.2, 0) is 4.79 Å². The van der Waals surface area contributed by atoms with E-state index in [4.69, 9.17) is 5.11 Å². The van der Waals surface area contributed by atoms with Crippen LogP contribution in [-0.4, -0.2) is 33.9 Å². The van der Waals surface area contributed by atoms with E-state index in [1.807, 2.05) is 0 Å². The Balaban J connectivity index is 2.51. The van der Waals surface area contributed by atoms with Gasteiger partial charge in [-0.2, -0.15) is 0 Å². The molecule has 0 unspecified atom stereocenters. The van der Waals surface area contributed by atoms with E-state index in [0.717, 1.165) is 19.3 Å². The van der Waals surface area contributed by atoms with Gasteiger partial charge in [0.2, 0.25) is 0 Å². The first-order valence-electron chi connectivity index (χ1n) is 7.60. The van der Waals surface area contributed by atoms with Crippen LogP contribution >= 0.6 is 0 Å². The first kappa shape index (κ1) is 16.4. The largest absolute Gasteiger partial charge is 0.481 e. The number of carboxylic acid groups (broad SMARTS) is 1. The Morgan fingerprint density at radius 3 is 2.05 bits per heavy atom. The summed E-state index contributed by atoms with van der Waals surface area (Å²) in [4.78, 5) is 10.9. The zero-order chi connectivity index (χ0) is 14.5. The van der Waals surface area contributed by atoms with Crippen molar-refractivity contribution < 1.29 is 15.0 Å². The average molecular weight is 271 g/mol. The van der Waals surface area contributed by atoms with Crippen molar-refractivity contribution in [2.45, 2.75) is 76.9 Å². The van der Waals surface area contributed by atoms with Crippen LogP contribution in [0.15, 0.2) is 0 Å². The van der Waals surface area contributed by atoms with Gasteiger partial charge in [0.1, 0.15) is 0 Å². The number of aliphatic hydroxyl groups is 1. The van der Waals surface area contributed by atoms with Crippen LogP contribution in [0.5, 0.6) is 0 Å². The Morgan fingerprint density at radius 2 is 1.68 bits per heavy atom. The fraction of sp³-hybridized carbons (Fsp3) is 0.933. The van der Waals surface area contributed by atoms with Crippen molar-refractivity contribution in [2.75, 3.05) is 6.54 Å². The summed E-state index contributed by atoms with van der Waals surface area (Å²) in [7, 11) is 0. The normalized spacial score (nSPS) is 28.3. The molecule has 0 radical (unpaired) electrons. The second-order valence-electron chi connectivity index (χ2n) is 6.03. The number of nitrogens with one attached hydrogen (secondary N) is 1. The topological polar surface area (TPSA) is 69.6 Å². The molecule has 4 nitrogen and oxygen atoms in total. The number of hydrogen-bond donors (Lipinski definition) is 3. The molecule has 0 bridgehead atoms. The number of β-amino-alcohol motifs (C(OH)–C–C–N with tert-alkyl or cyclic N) is 1. The van der Waals surface area contributed by atoms with Crippen LogP contribution in [0.2, 0.25) is 0 Å². The highest BCUT2D eigenvalue weighted by atomic mass is 16.4. The van der Waals surface area contributed by atoms with Gasteiger partial charge in [0.05, 0.1) is 11.5 Å². The third-order valence-corrected chi connectivity index (χ3v) is 5.09. The molecule has 1 aliphatic carbocycles. The highest BCUT2D eigenvalue weighted by Gasteiger charge is 2.37. The SMILES string of the molecule is CCC(CC)(CC)NCC1(O)CCC(C(=O)O)CC1. The van der Waals surface area contributed by atoms with E-state index in [9.17, 15) is 9.90 Å². The molecule has 112 valence electrons. The fourth-order valence-corrected chi connectivity index (χ4v) is 3.06. The molecule has 1 rings (SSSR count). The van der Waals surface area contributed by atoms with E-state index in [2.05, 4.69) is 26.1 Å². The van der Waals surface area contributed by atoms with Crippen LogP contribution in [0.4, 0.5) is 0 Å². The highest BCUT2D eigenvalue weighted by molar-refractivity contribution is 5.70. The summed E-state index contributed by atoms with van der Waals surface area (Å²) in [6.07, 6.45) is 5.50. The summed E-state index contributed by atoms with van der Waals surface area (Å²) < 4.78 is 0. The van der Waals surface area contributed by atoms with Gasteiger partial charge in [-0.05, 0) is 44.9 Å². The quantitative estimate of drug-likeness (QED) is 0.665. The maximum absolute atomic E-state index is 10.9. The lowest BCUT2D eigenvalue weighted by atomic mass is 9.78. The molecule has 0 heterocycles. The van der Waals surface area contributed by atoms with Gasteiger partial charge in [0.25, 0.3) is 0 Å². The summed E-state index contributed by atoms with van der Waals surface area (Å²) in [6.45, 7) is 7.09. The summed E-state index contributed by atoms with van der Waals surface area (Å²) in [6, 6.07) is 0. The Morgan fingerprint density at radius 1 is 1.21 bits per heavy atom. The van der Waals surface area contributed by atoms with E-state index in [1.54, 1.807) is 0 Å². The molecule has 1 fully saturated rings. The number of carboxylic acids is 1. The van der Waals surface area contributed by atoms with Crippen molar-refractivity contribution in [1.29, 1.82) is 0 Å². The molecule has 0 atom stereocenters. The number of rotatable bonds is 7. The Bertz CT molecular complexity index is 284. The maximum Gasteiger partial charge on any atom is 0.306 e. The predicted molar refractivity (Wildman–Crippen MR) is 76.2 cm³/mol. The van der Waals surface area contributed by atoms with Gasteiger partial charge in [0, 0.05) is 12.1 Å². The Labute approximate surface area is 116 Å². The summed E-state index contributed by atoms with van der Waals surface area (Å²) in [5.41, 5.74) is -0.615. The highest BCUT2D eigenvalue weighted by Crippen LogP contribution is 2.32. The molecule has 0 aromatic carbocycles. The van der Waals surface area contributed by atoms with Crippen LogP contribution in [0.3, 0.4) is 0 Å². The lowest BCUT2D eigenvalue weighted by Crippen LogP contribution is -2.52. The van der Waals surface area contributed by atoms with Gasteiger partial charge in [-0.25, -0.2) is 0 Å². The lowest BCUT2D eigenvalue weighted by molar-refractivity contribution is -0.144. The smallest absolute Gasteiger partial charge is 0.306 e. The van der Waals surface area contributed by atoms with Crippen LogP contribution in [0.1, 0.15) is 65.7 Å². The second kappa shape index (κ2) is 6.71. The molecule has 0 aromatic heterocycles. The molecule has 1 saturated carbocycles. The van der Waals surface area contributed by atoms with E-state index >= 15 is 0 Å². The summed E-state index contributed by atoms with van der Waals surface area (Å²) in [5.74, 6) is -0.992. The Kier molecular flexibility index (Phi) is 5.81. The first-order valence-corrected chi connectivity index (χ1v) is 7.60. The van der Waals surface area contributed by atoms with Gasteiger partial charge < -0.3 is 15.5 Å². The van der Waals surface area contributed by atoms with Crippen molar-refractivity contribution in [3.8, 4) is 0 Å². The third-order valence-electron chi connectivity index (χ3n) is 5.09. The molecular formula is C15H29NO3. The molecule has 0 saturated heterocycles. The second-order valence-corrected chi connectivity index (χ2v) is 6.03. The van der Waals surface area contributed by atoms with Crippen molar-refractivity contribution in [3.05, 3.63) is 0 Å². The van der Waals surface area contributed by atoms with Gasteiger partial charge in [-0.1, -0.05) is 20.8 Å². The zero-order valence-electron chi connectivity index (χ0n) is 12.5. The van der Waals surface area contributed by atoms with Gasteiger partial charge in [-0.15, -0.1) is 0 Å². The monoisotopic (exact) mass is 271 g/mol. The molecule has 4 heteroatoms. The van der Waals surface area contributed by atoms with Crippen LogP contribution in [0, 0.1) is 5.92 Å². The zero-order valence-corrected chi connectivity index (χ0v) is 12.5. The van der Waals surface area contributed by atoms with Gasteiger partial charge in [-0.3, -0.25) is 4.79 Å². The predicted octanol–water partition coefficient (Wildman–Crippen LogP) is 2.55. The molecule has 19 heavy (non-hydrogen) atoms. The number of carbonyl (C=O) groups is 1. The number of hydrogen-bond acceptors (Lipinski definition) is 3. The minimum Gasteiger partial charge on any atom is -0.481 e. The van der Waals surface area contributed by atoms with E-state index in [1.165, 1.54) is 0 Å². The standard InChI is InChI=1S/C15H29NO3/c1-4-14(5-2,6-3)16-11-15(19)9-7-12(8-10-15)13(17)18/h12,16,19H,4-11H2,1-3H3,(H,17,18). The minimum absolute atomic E-state index is 0.110. The third kappa shape index (κ3) is 4.18. The fourth-order valence-electron chi connectivity index (χ4n) is 3.06. The molecule has 0 aromatic rings. The first-order chi connectivity index (χ1) is 8.90. The molecule has 3 N–H and O–H groups in total. The molecule has 0 spiro atoms. The number of aliphatic carboxylic acids is 1.